The number of nitrogens with zero attached hydrogens (tertiary/aromatic N) is 2. The Morgan fingerprint density at radius 1 is 1.37 bits per heavy atom. The van der Waals surface area contributed by atoms with E-state index in [0.717, 1.165) is 16.8 Å². The maximum Gasteiger partial charge on any atom is 0.233 e. The van der Waals surface area contributed by atoms with Crippen molar-refractivity contribution in [3.05, 3.63) is 35.0 Å². The van der Waals surface area contributed by atoms with Crippen molar-refractivity contribution in [1.29, 1.82) is 0 Å². The highest BCUT2D eigenvalue weighted by atomic mass is 16.6. The quantitative estimate of drug-likeness (QED) is 0.880. The summed E-state index contributed by atoms with van der Waals surface area (Å²) in [6.45, 7) is 5.66. The van der Waals surface area contributed by atoms with Gasteiger partial charge in [0.05, 0.1) is 5.92 Å². The molecule has 0 aliphatic rings. The molecule has 1 aromatic heterocycles. The van der Waals surface area contributed by atoms with Crippen molar-refractivity contribution < 1.29 is 9.42 Å². The molecule has 3 N–H and O–H groups in total. The van der Waals surface area contributed by atoms with Crippen molar-refractivity contribution in [1.82, 2.24) is 10.3 Å². The van der Waals surface area contributed by atoms with Crippen molar-refractivity contribution in [3.63, 3.8) is 0 Å². The number of aryl methyl sites for hydroxylation is 1. The minimum absolute atomic E-state index is 0.142. The molecule has 0 saturated carbocycles. The molecular weight excluding hydrogens is 244 g/mol. The first kappa shape index (κ1) is 13.1. The van der Waals surface area contributed by atoms with Crippen LogP contribution in [-0.2, 0) is 4.79 Å². The molecule has 100 valence electrons. The van der Waals surface area contributed by atoms with Crippen LogP contribution in [-0.4, -0.2) is 16.2 Å². The van der Waals surface area contributed by atoms with E-state index in [4.69, 9.17) is 5.73 Å². The van der Waals surface area contributed by atoms with E-state index in [-0.39, 0.29) is 11.7 Å². The molecule has 0 aliphatic heterocycles. The molecule has 1 amide bonds. The fraction of sp³-hybridized carbons (Fsp3) is 0.308. The van der Waals surface area contributed by atoms with E-state index in [2.05, 4.69) is 20.3 Å². The number of carbonyl (C=O) groups excluding carboxylic acids is 1. The Labute approximate surface area is 111 Å². The smallest absolute Gasteiger partial charge is 0.233 e. The second-order valence-corrected chi connectivity index (χ2v) is 4.49. The zero-order chi connectivity index (χ0) is 14.0. The number of nitrogen functional groups attached to an aromatic ring is 1. The van der Waals surface area contributed by atoms with Gasteiger partial charge in [0.15, 0.2) is 5.82 Å². The fourth-order valence-corrected chi connectivity index (χ4v) is 1.75. The number of anilines is 2. The Balaban J connectivity index is 2.18. The summed E-state index contributed by atoms with van der Waals surface area (Å²) in [5.41, 5.74) is 8.87. The Hall–Kier alpha value is -2.37. The molecule has 0 saturated heterocycles. The van der Waals surface area contributed by atoms with Crippen LogP contribution in [0, 0.1) is 13.8 Å². The number of hydrogen-bond donors (Lipinski definition) is 2. The van der Waals surface area contributed by atoms with Crippen LogP contribution in [0.25, 0.3) is 0 Å². The van der Waals surface area contributed by atoms with Crippen LogP contribution in [0.4, 0.5) is 11.5 Å². The number of carbonyl (C=O) groups is 1. The first-order chi connectivity index (χ1) is 9.00. The van der Waals surface area contributed by atoms with Crippen molar-refractivity contribution in [2.45, 2.75) is 26.7 Å². The van der Waals surface area contributed by atoms with Crippen molar-refractivity contribution >= 4 is 17.4 Å². The predicted molar refractivity (Wildman–Crippen MR) is 71.7 cm³/mol. The third-order valence-electron chi connectivity index (χ3n) is 3.21. The van der Waals surface area contributed by atoms with Crippen LogP contribution in [0.2, 0.25) is 0 Å². The van der Waals surface area contributed by atoms with Gasteiger partial charge >= 0.3 is 0 Å². The number of hydrogen-bond acceptors (Lipinski definition) is 5. The van der Waals surface area contributed by atoms with Crippen LogP contribution < -0.4 is 11.1 Å². The van der Waals surface area contributed by atoms with Crippen LogP contribution in [0.1, 0.15) is 29.7 Å². The lowest BCUT2D eigenvalue weighted by atomic mass is 10.1. The molecule has 1 aromatic carbocycles. The van der Waals surface area contributed by atoms with Gasteiger partial charge in [-0.2, -0.15) is 0 Å². The Kier molecular flexibility index (Phi) is 3.50. The molecule has 0 aliphatic carbocycles. The number of rotatable bonds is 3. The van der Waals surface area contributed by atoms with Gasteiger partial charge < -0.3 is 11.1 Å². The van der Waals surface area contributed by atoms with Crippen molar-refractivity contribution in [2.75, 3.05) is 11.1 Å². The van der Waals surface area contributed by atoms with Gasteiger partial charge in [-0.25, -0.2) is 4.63 Å². The maximum absolute atomic E-state index is 12.2. The molecule has 0 spiro atoms. The van der Waals surface area contributed by atoms with E-state index in [1.54, 1.807) is 6.92 Å². The van der Waals surface area contributed by atoms with Gasteiger partial charge in [-0.1, -0.05) is 17.3 Å². The first-order valence-electron chi connectivity index (χ1n) is 5.95. The van der Waals surface area contributed by atoms with E-state index in [1.165, 1.54) is 0 Å². The number of nitrogens with one attached hydrogen (secondary N) is 1. The summed E-state index contributed by atoms with van der Waals surface area (Å²) >= 11 is 0. The molecule has 0 radical (unpaired) electrons. The van der Waals surface area contributed by atoms with Gasteiger partial charge in [0.1, 0.15) is 5.69 Å². The normalized spacial score (nSPS) is 12.2. The number of amides is 1. The average molecular weight is 260 g/mol. The predicted octanol–water partition coefficient (Wildman–Crippen LogP) is 2.01. The Morgan fingerprint density at radius 3 is 2.74 bits per heavy atom. The van der Waals surface area contributed by atoms with E-state index in [0.29, 0.717) is 5.69 Å². The Bertz CT molecular complexity index is 606. The third kappa shape index (κ3) is 2.57. The van der Waals surface area contributed by atoms with Gasteiger partial charge in [0.25, 0.3) is 0 Å². The van der Waals surface area contributed by atoms with Gasteiger partial charge in [-0.15, -0.1) is 0 Å². The lowest BCUT2D eigenvalue weighted by molar-refractivity contribution is -0.117. The molecule has 1 unspecified atom stereocenters. The van der Waals surface area contributed by atoms with E-state index < -0.39 is 5.92 Å². The van der Waals surface area contributed by atoms with Crippen molar-refractivity contribution in [2.24, 2.45) is 0 Å². The molecule has 2 rings (SSSR count). The summed E-state index contributed by atoms with van der Waals surface area (Å²) in [7, 11) is 0. The number of nitrogens with two attached hydrogens (primary N) is 1. The lowest BCUT2D eigenvalue weighted by Crippen LogP contribution is -2.20. The second-order valence-electron chi connectivity index (χ2n) is 4.49. The molecule has 1 atom stereocenters. The summed E-state index contributed by atoms with van der Waals surface area (Å²) < 4.78 is 4.50. The molecule has 0 fully saturated rings. The molecule has 6 heteroatoms. The zero-order valence-electron chi connectivity index (χ0n) is 11.1. The highest BCUT2D eigenvalue weighted by Crippen LogP contribution is 2.22. The monoisotopic (exact) mass is 260 g/mol. The zero-order valence-corrected chi connectivity index (χ0v) is 11.1. The van der Waals surface area contributed by atoms with E-state index in [9.17, 15) is 4.79 Å². The summed E-state index contributed by atoms with van der Waals surface area (Å²) in [5, 5.41) is 9.98. The minimum atomic E-state index is -0.522. The molecular formula is C13H16N4O2. The summed E-state index contributed by atoms with van der Waals surface area (Å²) in [6.07, 6.45) is 0. The highest BCUT2D eigenvalue weighted by molar-refractivity contribution is 5.96. The highest BCUT2D eigenvalue weighted by Gasteiger charge is 2.22. The first-order valence-corrected chi connectivity index (χ1v) is 5.95. The minimum Gasteiger partial charge on any atom is -0.379 e. The fourth-order valence-electron chi connectivity index (χ4n) is 1.75. The van der Waals surface area contributed by atoms with Gasteiger partial charge in [-0.05, 0) is 43.1 Å². The summed E-state index contributed by atoms with van der Waals surface area (Å²) in [5.74, 6) is -0.578. The van der Waals surface area contributed by atoms with Crippen LogP contribution in [0.3, 0.4) is 0 Å². The maximum atomic E-state index is 12.2. The summed E-state index contributed by atoms with van der Waals surface area (Å²) in [6, 6.07) is 5.75. The van der Waals surface area contributed by atoms with Gasteiger partial charge in [0, 0.05) is 5.69 Å². The van der Waals surface area contributed by atoms with Crippen LogP contribution in [0.15, 0.2) is 22.8 Å². The average Bonchev–Trinajstić information content (AvgIpc) is 2.80. The SMILES string of the molecule is Cc1cccc(NC(=O)C(C)c2nonc2N)c1C. The van der Waals surface area contributed by atoms with E-state index >= 15 is 0 Å². The van der Waals surface area contributed by atoms with E-state index in [1.807, 2.05) is 32.0 Å². The molecule has 2 aromatic rings. The molecule has 0 bridgehead atoms. The van der Waals surface area contributed by atoms with Crippen LogP contribution in [0.5, 0.6) is 0 Å². The second kappa shape index (κ2) is 5.09. The Morgan fingerprint density at radius 2 is 2.11 bits per heavy atom. The third-order valence-corrected chi connectivity index (χ3v) is 3.21. The topological polar surface area (TPSA) is 94.0 Å². The molecule has 1 heterocycles. The van der Waals surface area contributed by atoms with Crippen molar-refractivity contribution in [3.8, 4) is 0 Å². The standard InChI is InChI=1S/C13H16N4O2/c1-7-5-4-6-10(8(7)2)15-13(18)9(3)11-12(14)17-19-16-11/h4-6,9H,1-3H3,(H2,14,17)(H,15,18). The lowest BCUT2D eigenvalue weighted by Gasteiger charge is -2.13. The van der Waals surface area contributed by atoms with Gasteiger partial charge in [0.2, 0.25) is 5.91 Å². The summed E-state index contributed by atoms with van der Waals surface area (Å²) in [4.78, 5) is 12.2. The van der Waals surface area contributed by atoms with Crippen LogP contribution >= 0.6 is 0 Å². The van der Waals surface area contributed by atoms with Gasteiger partial charge in [-0.3, -0.25) is 4.79 Å². The molecule has 19 heavy (non-hydrogen) atoms. The number of aromatic nitrogens is 2. The largest absolute Gasteiger partial charge is 0.379 e. The number of benzene rings is 1. The molecule has 6 nitrogen and oxygen atoms in total.